The lowest BCUT2D eigenvalue weighted by atomic mass is 9.96. The van der Waals surface area contributed by atoms with Gasteiger partial charge in [0, 0.05) is 12.0 Å². The zero-order chi connectivity index (χ0) is 15.8. The van der Waals surface area contributed by atoms with Gasteiger partial charge in [-0.05, 0) is 6.42 Å². The Kier molecular flexibility index (Phi) is 3.65. The second kappa shape index (κ2) is 5.01. The van der Waals surface area contributed by atoms with Crippen molar-refractivity contribution in [2.45, 2.75) is 32.7 Å². The molecule has 2 saturated heterocycles. The van der Waals surface area contributed by atoms with Crippen LogP contribution in [0.5, 0.6) is 0 Å². The van der Waals surface area contributed by atoms with E-state index in [1.807, 2.05) is 0 Å². The lowest BCUT2D eigenvalue weighted by Crippen LogP contribution is -2.50. The lowest BCUT2D eigenvalue weighted by Gasteiger charge is -2.22. The van der Waals surface area contributed by atoms with E-state index < -0.39 is 22.9 Å². The van der Waals surface area contributed by atoms with Crippen molar-refractivity contribution in [2.75, 3.05) is 19.6 Å². The van der Waals surface area contributed by atoms with Gasteiger partial charge in [0.15, 0.2) is 0 Å². The Morgan fingerprint density at radius 2 is 2.00 bits per heavy atom. The van der Waals surface area contributed by atoms with Crippen molar-refractivity contribution < 1.29 is 19.2 Å². The van der Waals surface area contributed by atoms with Crippen molar-refractivity contribution in [3.63, 3.8) is 0 Å². The lowest BCUT2D eigenvalue weighted by molar-refractivity contribution is -0.135. The third-order valence-electron chi connectivity index (χ3n) is 3.72. The first kappa shape index (κ1) is 15.3. The molecule has 1 spiro atoms. The van der Waals surface area contributed by atoms with E-state index in [2.05, 4.69) is 16.0 Å². The van der Waals surface area contributed by atoms with Crippen molar-refractivity contribution in [3.8, 4) is 0 Å². The van der Waals surface area contributed by atoms with Crippen molar-refractivity contribution in [1.29, 1.82) is 0 Å². The molecule has 8 heteroatoms. The topological polar surface area (TPSA) is 108 Å². The maximum Gasteiger partial charge on any atom is 0.322 e. The molecule has 8 nitrogen and oxygen atoms in total. The summed E-state index contributed by atoms with van der Waals surface area (Å²) < 4.78 is 0. The molecular weight excluding hydrogens is 276 g/mol. The van der Waals surface area contributed by atoms with Crippen LogP contribution >= 0.6 is 0 Å². The highest BCUT2D eigenvalue weighted by atomic mass is 16.2. The smallest absolute Gasteiger partial charge is 0.322 e. The Balaban J connectivity index is 1.90. The number of likely N-dealkylation sites (tertiary alicyclic amines) is 1. The van der Waals surface area contributed by atoms with Crippen LogP contribution in [0.15, 0.2) is 0 Å². The van der Waals surface area contributed by atoms with Gasteiger partial charge in [0.2, 0.25) is 11.8 Å². The van der Waals surface area contributed by atoms with E-state index in [4.69, 9.17) is 0 Å². The second-order valence-electron chi connectivity index (χ2n) is 6.49. The number of hydrogen-bond acceptors (Lipinski definition) is 4. The first-order chi connectivity index (χ1) is 9.64. The van der Waals surface area contributed by atoms with E-state index in [-0.39, 0.29) is 24.9 Å². The standard InChI is InChI=1S/C13H20N4O4/c1-12(2,3)9(19)14-6-8(18)17-5-4-13(7-17)10(20)15-11(21)16-13/h4-7H2,1-3H3,(H,14,19)(H2,15,16,20,21). The molecule has 0 aliphatic carbocycles. The fraction of sp³-hybridized carbons (Fsp3) is 0.692. The SMILES string of the molecule is CC(C)(C)C(=O)NCC(=O)N1CCC2(C1)NC(=O)NC2=O. The summed E-state index contributed by atoms with van der Waals surface area (Å²) in [6, 6.07) is -0.532. The molecule has 0 aromatic heterocycles. The quantitative estimate of drug-likeness (QED) is 0.566. The van der Waals surface area contributed by atoms with Crippen molar-refractivity contribution in [1.82, 2.24) is 20.9 Å². The van der Waals surface area contributed by atoms with Crippen molar-refractivity contribution in [3.05, 3.63) is 0 Å². The Bertz CT molecular complexity index is 511. The molecule has 2 fully saturated rings. The minimum Gasteiger partial charge on any atom is -0.347 e. The summed E-state index contributed by atoms with van der Waals surface area (Å²) in [7, 11) is 0. The number of carbonyl (C=O) groups excluding carboxylic acids is 4. The molecule has 2 aliphatic rings. The number of nitrogens with one attached hydrogen (secondary N) is 3. The molecule has 5 amide bonds. The summed E-state index contributed by atoms with van der Waals surface area (Å²) >= 11 is 0. The molecule has 0 aromatic carbocycles. The van der Waals surface area contributed by atoms with Crippen LogP contribution in [0.1, 0.15) is 27.2 Å². The van der Waals surface area contributed by atoms with Crippen LogP contribution in [0, 0.1) is 5.41 Å². The van der Waals surface area contributed by atoms with Crippen LogP contribution < -0.4 is 16.0 Å². The van der Waals surface area contributed by atoms with Gasteiger partial charge >= 0.3 is 6.03 Å². The van der Waals surface area contributed by atoms with E-state index in [1.54, 1.807) is 20.8 Å². The van der Waals surface area contributed by atoms with Crippen LogP contribution in [-0.4, -0.2) is 53.8 Å². The number of amides is 5. The third-order valence-corrected chi connectivity index (χ3v) is 3.72. The molecule has 116 valence electrons. The number of nitrogens with zero attached hydrogens (tertiary/aromatic N) is 1. The van der Waals surface area contributed by atoms with Gasteiger partial charge in [-0.15, -0.1) is 0 Å². The van der Waals surface area contributed by atoms with Gasteiger partial charge in [0.05, 0.1) is 13.1 Å². The average Bonchev–Trinajstić information content (AvgIpc) is 2.90. The summed E-state index contributed by atoms with van der Waals surface area (Å²) in [6.45, 7) is 5.68. The van der Waals surface area contributed by atoms with Gasteiger partial charge in [0.1, 0.15) is 5.54 Å². The predicted molar refractivity (Wildman–Crippen MR) is 73.1 cm³/mol. The summed E-state index contributed by atoms with van der Waals surface area (Å²) in [4.78, 5) is 48.3. The zero-order valence-electron chi connectivity index (χ0n) is 12.4. The van der Waals surface area contributed by atoms with Crippen LogP contribution in [-0.2, 0) is 14.4 Å². The van der Waals surface area contributed by atoms with E-state index in [1.165, 1.54) is 4.90 Å². The zero-order valence-corrected chi connectivity index (χ0v) is 12.4. The Morgan fingerprint density at radius 1 is 1.33 bits per heavy atom. The Labute approximate surface area is 122 Å². The van der Waals surface area contributed by atoms with Gasteiger partial charge in [-0.1, -0.05) is 20.8 Å². The van der Waals surface area contributed by atoms with E-state index in [0.29, 0.717) is 13.0 Å². The second-order valence-corrected chi connectivity index (χ2v) is 6.49. The van der Waals surface area contributed by atoms with E-state index >= 15 is 0 Å². The first-order valence-electron chi connectivity index (χ1n) is 6.84. The normalized spacial score (nSPS) is 25.0. The summed E-state index contributed by atoms with van der Waals surface area (Å²) in [6.07, 6.45) is 0.379. The van der Waals surface area contributed by atoms with Gasteiger partial charge < -0.3 is 15.5 Å². The first-order valence-corrected chi connectivity index (χ1v) is 6.84. The molecule has 1 atom stereocenters. The molecule has 0 radical (unpaired) electrons. The third kappa shape index (κ3) is 2.98. The monoisotopic (exact) mass is 296 g/mol. The van der Waals surface area contributed by atoms with Crippen LogP contribution in [0.2, 0.25) is 0 Å². The average molecular weight is 296 g/mol. The highest BCUT2D eigenvalue weighted by Crippen LogP contribution is 2.24. The maximum atomic E-state index is 12.1. The fourth-order valence-electron chi connectivity index (χ4n) is 2.37. The number of carbonyl (C=O) groups is 4. The van der Waals surface area contributed by atoms with Gasteiger partial charge in [-0.3, -0.25) is 19.7 Å². The maximum absolute atomic E-state index is 12.1. The van der Waals surface area contributed by atoms with E-state index in [9.17, 15) is 19.2 Å². The summed E-state index contributed by atoms with van der Waals surface area (Å²) in [5, 5.41) is 7.33. The van der Waals surface area contributed by atoms with Crippen LogP contribution in [0.4, 0.5) is 4.79 Å². The minimum absolute atomic E-state index is 0.109. The highest BCUT2D eigenvalue weighted by Gasteiger charge is 2.51. The molecule has 2 aliphatic heterocycles. The molecule has 1 unspecified atom stereocenters. The number of imide groups is 1. The van der Waals surface area contributed by atoms with E-state index in [0.717, 1.165) is 0 Å². The highest BCUT2D eigenvalue weighted by molar-refractivity contribution is 6.07. The van der Waals surface area contributed by atoms with Crippen molar-refractivity contribution in [2.24, 2.45) is 5.41 Å². The van der Waals surface area contributed by atoms with Gasteiger partial charge in [0.25, 0.3) is 5.91 Å². The van der Waals surface area contributed by atoms with Gasteiger partial charge in [-0.2, -0.15) is 0 Å². The summed E-state index contributed by atoms with van der Waals surface area (Å²) in [5.41, 5.74) is -1.58. The summed E-state index contributed by atoms with van der Waals surface area (Å²) in [5.74, 6) is -0.878. The van der Waals surface area contributed by atoms with Gasteiger partial charge in [-0.25, -0.2) is 4.79 Å². The molecule has 0 saturated carbocycles. The molecule has 21 heavy (non-hydrogen) atoms. The Morgan fingerprint density at radius 3 is 2.52 bits per heavy atom. The molecular formula is C13H20N4O4. The van der Waals surface area contributed by atoms with Crippen molar-refractivity contribution >= 4 is 23.8 Å². The molecule has 2 rings (SSSR count). The molecule has 0 bridgehead atoms. The largest absolute Gasteiger partial charge is 0.347 e. The minimum atomic E-state index is -1.01. The molecule has 0 aromatic rings. The Hall–Kier alpha value is -2.12. The predicted octanol–water partition coefficient (Wildman–Crippen LogP) is -1.04. The fourth-order valence-corrected chi connectivity index (χ4v) is 2.37. The molecule has 3 N–H and O–H groups in total. The molecule has 2 heterocycles. The number of rotatable bonds is 2. The number of hydrogen-bond donors (Lipinski definition) is 3. The van der Waals surface area contributed by atoms with Crippen LogP contribution in [0.3, 0.4) is 0 Å². The number of urea groups is 1. The van der Waals surface area contributed by atoms with Crippen LogP contribution in [0.25, 0.3) is 0 Å².